The van der Waals surface area contributed by atoms with Crippen LogP contribution in [0.15, 0.2) is 18.3 Å². The first-order valence-electron chi connectivity index (χ1n) is 13.2. The highest BCUT2D eigenvalue weighted by molar-refractivity contribution is 5.93. The molecule has 2 fully saturated rings. The van der Waals surface area contributed by atoms with Crippen molar-refractivity contribution in [1.82, 2.24) is 30.5 Å². The molecule has 3 aromatic rings. The van der Waals surface area contributed by atoms with Crippen molar-refractivity contribution >= 4 is 22.8 Å². The van der Waals surface area contributed by atoms with Crippen molar-refractivity contribution < 1.29 is 19.4 Å². The van der Waals surface area contributed by atoms with Gasteiger partial charge in [0.2, 0.25) is 0 Å². The number of ether oxygens (including phenoxy) is 2. The molecule has 1 aliphatic carbocycles. The summed E-state index contributed by atoms with van der Waals surface area (Å²) in [6, 6.07) is 5.34. The number of fused-ring (bicyclic) bond motifs is 1. The normalized spacial score (nSPS) is 17.9. The number of piperidine rings is 1. The van der Waals surface area contributed by atoms with Gasteiger partial charge in [0.15, 0.2) is 5.65 Å². The molecule has 0 spiro atoms. The number of aromatic amines is 1. The highest BCUT2D eigenvalue weighted by atomic mass is 16.5. The fraction of sp³-hybridized carbons (Fsp3) is 0.556. The van der Waals surface area contributed by atoms with Crippen LogP contribution in [0, 0.1) is 16.7 Å². The van der Waals surface area contributed by atoms with Crippen LogP contribution in [0.25, 0.3) is 11.0 Å². The van der Waals surface area contributed by atoms with Gasteiger partial charge in [-0.05, 0) is 52.5 Å². The van der Waals surface area contributed by atoms with E-state index in [2.05, 4.69) is 41.4 Å². The maximum Gasteiger partial charge on any atom is 0.319 e. The first-order chi connectivity index (χ1) is 18.6. The van der Waals surface area contributed by atoms with E-state index in [1.54, 1.807) is 40.1 Å². The predicted molar refractivity (Wildman–Crippen MR) is 143 cm³/mol. The van der Waals surface area contributed by atoms with Gasteiger partial charge in [0.25, 0.3) is 5.91 Å². The summed E-state index contributed by atoms with van der Waals surface area (Å²) in [5.41, 5.74) is 0.174. The number of aromatic nitrogens is 5. The van der Waals surface area contributed by atoms with Crippen LogP contribution in [0.3, 0.4) is 0 Å². The van der Waals surface area contributed by atoms with Crippen LogP contribution < -0.4 is 19.7 Å². The van der Waals surface area contributed by atoms with Crippen molar-refractivity contribution in [3.05, 3.63) is 29.7 Å². The number of pyridine rings is 1. The van der Waals surface area contributed by atoms with Gasteiger partial charge in [0, 0.05) is 31.3 Å². The van der Waals surface area contributed by atoms with Crippen LogP contribution in [0.2, 0.25) is 0 Å². The largest absolute Gasteiger partial charge is 0.496 e. The fourth-order valence-electron chi connectivity index (χ4n) is 4.64. The van der Waals surface area contributed by atoms with Gasteiger partial charge in [-0.1, -0.05) is 0 Å². The molecule has 1 atom stereocenters. The second kappa shape index (κ2) is 10.3. The van der Waals surface area contributed by atoms with Crippen LogP contribution >= 0.6 is 0 Å². The summed E-state index contributed by atoms with van der Waals surface area (Å²) < 4.78 is 11.4. The lowest BCUT2D eigenvalue weighted by Gasteiger charge is -2.32. The number of methoxy groups -OCH3 is 1. The van der Waals surface area contributed by atoms with Crippen molar-refractivity contribution in [2.24, 2.45) is 5.41 Å². The Bertz CT molecular complexity index is 1400. The number of amides is 1. The maximum atomic E-state index is 13.1. The Balaban J connectivity index is 1.36. The molecule has 39 heavy (non-hydrogen) atoms. The van der Waals surface area contributed by atoms with E-state index in [-0.39, 0.29) is 24.2 Å². The van der Waals surface area contributed by atoms with E-state index in [4.69, 9.17) is 9.47 Å². The molecule has 4 heterocycles. The van der Waals surface area contributed by atoms with Crippen LogP contribution in [-0.4, -0.2) is 74.6 Å². The quantitative estimate of drug-likeness (QED) is 0.372. The Hall–Kier alpha value is -3.98. The number of H-pyrrole nitrogens is 1. The molecule has 5 rings (SSSR count). The van der Waals surface area contributed by atoms with Gasteiger partial charge < -0.3 is 24.8 Å². The molecule has 0 unspecified atom stereocenters. The number of hydrogen-bond acceptors (Lipinski definition) is 10. The lowest BCUT2D eigenvalue weighted by atomic mass is 9.92. The van der Waals surface area contributed by atoms with Gasteiger partial charge in [-0.25, -0.2) is 4.98 Å². The number of aliphatic hydroxyl groups is 1. The van der Waals surface area contributed by atoms with Gasteiger partial charge in [0.1, 0.15) is 23.9 Å². The lowest BCUT2D eigenvalue weighted by Crippen LogP contribution is -2.47. The lowest BCUT2D eigenvalue weighted by molar-refractivity contribution is 0.0407. The Kier molecular flexibility index (Phi) is 7.03. The summed E-state index contributed by atoms with van der Waals surface area (Å²) >= 11 is 0. The SMILES string of the molecule is COc1ccnc2[nH]nc(C3CCN(c4cc(C(=O)N[C@H](C)C(C)(C)O)nc(OCC5(C#N)CC5)n4)CC3)c12. The molecule has 0 radical (unpaired) electrons. The Morgan fingerprint density at radius 1 is 1.36 bits per heavy atom. The van der Waals surface area contributed by atoms with E-state index in [0.29, 0.717) is 24.6 Å². The van der Waals surface area contributed by atoms with Crippen molar-refractivity contribution in [3.63, 3.8) is 0 Å². The zero-order valence-corrected chi connectivity index (χ0v) is 22.7. The van der Waals surface area contributed by atoms with Crippen LogP contribution in [-0.2, 0) is 0 Å². The molecule has 0 bridgehead atoms. The number of nitriles is 1. The maximum absolute atomic E-state index is 13.1. The van der Waals surface area contributed by atoms with E-state index in [0.717, 1.165) is 42.5 Å². The minimum Gasteiger partial charge on any atom is -0.496 e. The molecule has 1 saturated heterocycles. The fourth-order valence-corrected chi connectivity index (χ4v) is 4.64. The minimum absolute atomic E-state index is 0.0614. The smallest absolute Gasteiger partial charge is 0.319 e. The molecular weight excluding hydrogens is 500 g/mol. The number of carbonyl (C=O) groups excluding carboxylic acids is 1. The summed E-state index contributed by atoms with van der Waals surface area (Å²) in [5.74, 6) is 1.08. The summed E-state index contributed by atoms with van der Waals surface area (Å²) in [5, 5.41) is 31.0. The van der Waals surface area contributed by atoms with Crippen molar-refractivity contribution in [2.45, 2.75) is 64.0 Å². The monoisotopic (exact) mass is 534 g/mol. The molecule has 0 aromatic carbocycles. The number of anilines is 1. The first-order valence-corrected chi connectivity index (χ1v) is 13.2. The van der Waals surface area contributed by atoms with Crippen molar-refractivity contribution in [2.75, 3.05) is 31.7 Å². The van der Waals surface area contributed by atoms with E-state index in [9.17, 15) is 15.2 Å². The molecule has 2 aliphatic rings. The molecule has 1 amide bonds. The summed E-state index contributed by atoms with van der Waals surface area (Å²) in [6.07, 6.45) is 4.86. The third-order valence-electron chi connectivity index (χ3n) is 7.78. The minimum atomic E-state index is -1.10. The third-order valence-corrected chi connectivity index (χ3v) is 7.78. The topological polar surface area (TPSA) is 162 Å². The van der Waals surface area contributed by atoms with E-state index in [1.807, 2.05) is 6.07 Å². The highest BCUT2D eigenvalue weighted by Crippen LogP contribution is 2.45. The molecule has 206 valence electrons. The van der Waals surface area contributed by atoms with Crippen LogP contribution in [0.4, 0.5) is 5.82 Å². The molecule has 12 nitrogen and oxygen atoms in total. The zero-order valence-electron chi connectivity index (χ0n) is 22.7. The van der Waals surface area contributed by atoms with E-state index in [1.165, 1.54) is 0 Å². The average Bonchev–Trinajstić information content (AvgIpc) is 3.60. The predicted octanol–water partition coefficient (Wildman–Crippen LogP) is 2.71. The summed E-state index contributed by atoms with van der Waals surface area (Å²) in [6.45, 7) is 6.54. The Labute approximate surface area is 226 Å². The van der Waals surface area contributed by atoms with Crippen LogP contribution in [0.5, 0.6) is 11.8 Å². The molecule has 1 aliphatic heterocycles. The number of hydrogen-bond donors (Lipinski definition) is 3. The summed E-state index contributed by atoms with van der Waals surface area (Å²) in [7, 11) is 1.64. The number of nitrogens with zero attached hydrogens (tertiary/aromatic N) is 6. The van der Waals surface area contributed by atoms with Gasteiger partial charge in [-0.3, -0.25) is 9.89 Å². The van der Waals surface area contributed by atoms with Gasteiger partial charge >= 0.3 is 6.01 Å². The second-order valence-electron chi connectivity index (χ2n) is 11.0. The van der Waals surface area contributed by atoms with E-state index < -0.39 is 23.0 Å². The average molecular weight is 535 g/mol. The zero-order chi connectivity index (χ0) is 27.8. The molecule has 12 heteroatoms. The molecule has 1 saturated carbocycles. The molecular formula is C27H34N8O4. The number of carbonyl (C=O) groups is 1. The van der Waals surface area contributed by atoms with E-state index >= 15 is 0 Å². The Morgan fingerprint density at radius 3 is 2.74 bits per heavy atom. The standard InChI is InChI=1S/C27H34N8O4/c1-16(26(2,3)37)30-24(36)18-13-20(32-25(31-18)39-15-27(14-28)8-9-27)35-11-6-17(7-12-35)22-21-19(38-4)5-10-29-23(21)34-33-22/h5,10,13,16-17,37H,6-9,11-12,15H2,1-4H3,(H,30,36)(H,29,33,34)/t16-/m1/s1. The molecule has 3 aromatic heterocycles. The van der Waals surface area contributed by atoms with Crippen molar-refractivity contribution in [3.8, 4) is 17.8 Å². The van der Waals surface area contributed by atoms with Crippen LogP contribution in [0.1, 0.15) is 68.6 Å². The van der Waals surface area contributed by atoms with Gasteiger partial charge in [-0.15, -0.1) is 0 Å². The number of nitrogens with one attached hydrogen (secondary N) is 2. The third kappa shape index (κ3) is 5.59. The van der Waals surface area contributed by atoms with Gasteiger partial charge in [0.05, 0.1) is 41.3 Å². The first kappa shape index (κ1) is 26.6. The second-order valence-corrected chi connectivity index (χ2v) is 11.0. The van der Waals surface area contributed by atoms with Crippen molar-refractivity contribution in [1.29, 1.82) is 5.26 Å². The summed E-state index contributed by atoms with van der Waals surface area (Å²) in [4.78, 5) is 28.5. The number of rotatable bonds is 9. The van der Waals surface area contributed by atoms with Gasteiger partial charge in [-0.2, -0.15) is 20.3 Å². The molecule has 3 N–H and O–H groups in total. The Morgan fingerprint density at radius 2 is 2.10 bits per heavy atom. The highest BCUT2D eigenvalue weighted by Gasteiger charge is 2.44.